The molecule has 6 heteroatoms. The lowest BCUT2D eigenvalue weighted by Gasteiger charge is -2.22. The molecule has 1 amide bonds. The minimum atomic E-state index is -0.631. The van der Waals surface area contributed by atoms with Crippen LogP contribution in [0.15, 0.2) is 6.07 Å². The van der Waals surface area contributed by atoms with Gasteiger partial charge in [0.25, 0.3) is 0 Å². The molecule has 0 fully saturated rings. The van der Waals surface area contributed by atoms with Crippen LogP contribution in [0.25, 0.3) is 0 Å². The third-order valence-electron chi connectivity index (χ3n) is 2.72. The second-order valence-corrected chi connectivity index (χ2v) is 5.45. The molecule has 1 aromatic rings. The van der Waals surface area contributed by atoms with Crippen molar-refractivity contribution in [1.29, 1.82) is 0 Å². The topological polar surface area (TPSA) is 73.9 Å². The molecule has 0 atom stereocenters. The zero-order valence-electron chi connectivity index (χ0n) is 13.2. The fourth-order valence-electron chi connectivity index (χ4n) is 1.79. The largest absolute Gasteiger partial charge is 0.493 e. The van der Waals surface area contributed by atoms with Gasteiger partial charge in [-0.2, -0.15) is 0 Å². The van der Waals surface area contributed by atoms with E-state index in [1.807, 2.05) is 0 Å². The normalized spacial score (nSPS) is 10.8. The SMILES string of the molecule is COc1cc(C=O)c(C)c(NC(=O)OC(C)(C)C)c1OC. The zero-order valence-corrected chi connectivity index (χ0v) is 13.2. The molecule has 0 aliphatic carbocycles. The maximum atomic E-state index is 11.9. The van der Waals surface area contributed by atoms with Gasteiger partial charge in [0.2, 0.25) is 0 Å². The lowest BCUT2D eigenvalue weighted by atomic mass is 10.1. The third kappa shape index (κ3) is 4.11. The number of methoxy groups -OCH3 is 2. The summed E-state index contributed by atoms with van der Waals surface area (Å²) in [5.74, 6) is 0.697. The van der Waals surface area contributed by atoms with Crippen molar-refractivity contribution in [1.82, 2.24) is 0 Å². The summed E-state index contributed by atoms with van der Waals surface area (Å²) in [6, 6.07) is 1.56. The van der Waals surface area contributed by atoms with Gasteiger partial charge in [0.1, 0.15) is 5.60 Å². The van der Waals surface area contributed by atoms with Gasteiger partial charge in [-0.25, -0.2) is 4.79 Å². The molecule has 6 nitrogen and oxygen atoms in total. The van der Waals surface area contributed by atoms with Crippen LogP contribution in [0.1, 0.15) is 36.7 Å². The van der Waals surface area contributed by atoms with Gasteiger partial charge in [-0.15, -0.1) is 0 Å². The van der Waals surface area contributed by atoms with E-state index in [9.17, 15) is 9.59 Å². The van der Waals surface area contributed by atoms with Crippen molar-refractivity contribution in [2.24, 2.45) is 0 Å². The fourth-order valence-corrected chi connectivity index (χ4v) is 1.79. The Hall–Kier alpha value is -2.24. The first-order valence-corrected chi connectivity index (χ1v) is 6.44. The van der Waals surface area contributed by atoms with Crippen molar-refractivity contribution in [2.45, 2.75) is 33.3 Å². The molecule has 0 aliphatic heterocycles. The molecule has 1 rings (SSSR count). The van der Waals surface area contributed by atoms with Crippen LogP contribution in [0.4, 0.5) is 10.5 Å². The molecule has 0 unspecified atom stereocenters. The van der Waals surface area contributed by atoms with E-state index in [-0.39, 0.29) is 0 Å². The van der Waals surface area contributed by atoms with Crippen LogP contribution in [0.5, 0.6) is 11.5 Å². The highest BCUT2D eigenvalue weighted by Crippen LogP contribution is 2.39. The van der Waals surface area contributed by atoms with E-state index in [4.69, 9.17) is 14.2 Å². The van der Waals surface area contributed by atoms with Gasteiger partial charge >= 0.3 is 6.09 Å². The second-order valence-electron chi connectivity index (χ2n) is 5.45. The number of carbonyl (C=O) groups excluding carboxylic acids is 2. The Morgan fingerprint density at radius 3 is 2.29 bits per heavy atom. The van der Waals surface area contributed by atoms with Crippen molar-refractivity contribution in [3.05, 3.63) is 17.2 Å². The number of carbonyl (C=O) groups is 2. The van der Waals surface area contributed by atoms with Gasteiger partial charge in [-0.1, -0.05) is 0 Å². The molecule has 0 aromatic heterocycles. The number of ether oxygens (including phenoxy) is 3. The van der Waals surface area contributed by atoms with Gasteiger partial charge in [-0.05, 0) is 39.3 Å². The molecule has 1 N–H and O–H groups in total. The lowest BCUT2D eigenvalue weighted by molar-refractivity contribution is 0.0635. The summed E-state index contributed by atoms with van der Waals surface area (Å²) in [5.41, 5.74) is 0.706. The number of aldehydes is 1. The summed E-state index contributed by atoms with van der Waals surface area (Å²) < 4.78 is 15.7. The van der Waals surface area contributed by atoms with E-state index in [0.29, 0.717) is 34.6 Å². The Morgan fingerprint density at radius 2 is 1.86 bits per heavy atom. The molecule has 0 saturated carbocycles. The molecular weight excluding hydrogens is 274 g/mol. The number of rotatable bonds is 4. The van der Waals surface area contributed by atoms with Gasteiger partial charge in [-0.3, -0.25) is 10.1 Å². The predicted octanol–water partition coefficient (Wildman–Crippen LogP) is 3.17. The first kappa shape index (κ1) is 16.8. The van der Waals surface area contributed by atoms with Crippen molar-refractivity contribution in [2.75, 3.05) is 19.5 Å². The summed E-state index contributed by atoms with van der Waals surface area (Å²) in [7, 11) is 2.91. The van der Waals surface area contributed by atoms with Gasteiger partial charge in [0, 0.05) is 5.56 Å². The third-order valence-corrected chi connectivity index (χ3v) is 2.72. The fraction of sp³-hybridized carbons (Fsp3) is 0.467. The summed E-state index contributed by atoms with van der Waals surface area (Å²) in [4.78, 5) is 23.1. The number of anilines is 1. The first-order chi connectivity index (χ1) is 9.73. The number of benzene rings is 1. The maximum absolute atomic E-state index is 11.9. The molecule has 1 aromatic carbocycles. The number of hydrogen-bond donors (Lipinski definition) is 1. The average Bonchev–Trinajstić information content (AvgIpc) is 2.38. The summed E-state index contributed by atoms with van der Waals surface area (Å²) in [5, 5.41) is 2.61. The summed E-state index contributed by atoms with van der Waals surface area (Å²) in [6.07, 6.45) is 0.0615. The number of nitrogens with one attached hydrogen (secondary N) is 1. The second kappa shape index (κ2) is 6.47. The Morgan fingerprint density at radius 1 is 1.24 bits per heavy atom. The predicted molar refractivity (Wildman–Crippen MR) is 79.5 cm³/mol. The van der Waals surface area contributed by atoms with Crippen LogP contribution in [0.3, 0.4) is 0 Å². The smallest absolute Gasteiger partial charge is 0.412 e. The Bertz CT molecular complexity index is 546. The molecule has 0 bridgehead atoms. The highest BCUT2D eigenvalue weighted by molar-refractivity contribution is 5.93. The van der Waals surface area contributed by atoms with E-state index >= 15 is 0 Å². The van der Waals surface area contributed by atoms with Crippen molar-refractivity contribution < 1.29 is 23.8 Å². The van der Waals surface area contributed by atoms with Crippen molar-refractivity contribution in [3.8, 4) is 11.5 Å². The van der Waals surface area contributed by atoms with Crippen molar-refractivity contribution >= 4 is 18.1 Å². The van der Waals surface area contributed by atoms with Crippen LogP contribution < -0.4 is 14.8 Å². The average molecular weight is 295 g/mol. The molecule has 21 heavy (non-hydrogen) atoms. The Balaban J connectivity index is 3.26. The van der Waals surface area contributed by atoms with Crippen LogP contribution in [-0.4, -0.2) is 32.2 Å². The van der Waals surface area contributed by atoms with Gasteiger partial charge in [0.15, 0.2) is 17.8 Å². The van der Waals surface area contributed by atoms with E-state index in [1.165, 1.54) is 14.2 Å². The minimum absolute atomic E-state index is 0.339. The van der Waals surface area contributed by atoms with Crippen LogP contribution >= 0.6 is 0 Å². The zero-order chi connectivity index (χ0) is 16.2. The maximum Gasteiger partial charge on any atom is 0.412 e. The Kier molecular flexibility index (Phi) is 5.18. The van der Waals surface area contributed by atoms with E-state index < -0.39 is 11.7 Å². The molecule has 116 valence electrons. The quantitative estimate of drug-likeness (QED) is 0.864. The van der Waals surface area contributed by atoms with Crippen LogP contribution in [0, 0.1) is 6.92 Å². The van der Waals surface area contributed by atoms with E-state index in [2.05, 4.69) is 5.32 Å². The van der Waals surface area contributed by atoms with Crippen LogP contribution in [0.2, 0.25) is 0 Å². The molecule has 0 saturated heterocycles. The van der Waals surface area contributed by atoms with E-state index in [1.54, 1.807) is 33.8 Å². The highest BCUT2D eigenvalue weighted by atomic mass is 16.6. The monoisotopic (exact) mass is 295 g/mol. The molecule has 0 heterocycles. The Labute approximate surface area is 124 Å². The molecule has 0 spiro atoms. The molecule has 0 aliphatic rings. The molecular formula is C15H21NO5. The number of amides is 1. The highest BCUT2D eigenvalue weighted by Gasteiger charge is 2.22. The van der Waals surface area contributed by atoms with Gasteiger partial charge < -0.3 is 14.2 Å². The van der Waals surface area contributed by atoms with Crippen molar-refractivity contribution in [3.63, 3.8) is 0 Å². The lowest BCUT2D eigenvalue weighted by Crippen LogP contribution is -2.27. The van der Waals surface area contributed by atoms with Crippen LogP contribution in [-0.2, 0) is 4.74 Å². The molecule has 0 radical (unpaired) electrons. The van der Waals surface area contributed by atoms with Gasteiger partial charge in [0.05, 0.1) is 19.9 Å². The van der Waals surface area contributed by atoms with E-state index in [0.717, 1.165) is 0 Å². The minimum Gasteiger partial charge on any atom is -0.493 e. The number of hydrogen-bond acceptors (Lipinski definition) is 5. The summed E-state index contributed by atoms with van der Waals surface area (Å²) in [6.45, 7) is 7.00. The standard InChI is InChI=1S/C15H21NO5/c1-9-10(8-17)7-11(19-5)13(20-6)12(9)16-14(18)21-15(2,3)4/h7-8H,1-6H3,(H,16,18). The summed E-state index contributed by atoms with van der Waals surface area (Å²) >= 11 is 0. The first-order valence-electron chi connectivity index (χ1n) is 6.44.